The molecule has 1 heterocycles. The molecule has 0 unspecified atom stereocenters. The quantitative estimate of drug-likeness (QED) is 0.394. The maximum Gasteiger partial charge on any atom is 0.239 e. The van der Waals surface area contributed by atoms with Crippen LogP contribution in [-0.2, 0) is 5.41 Å². The van der Waals surface area contributed by atoms with Crippen LogP contribution in [0.2, 0.25) is 0 Å². The lowest BCUT2D eigenvalue weighted by atomic mass is 9.85. The molecule has 1 aromatic carbocycles. The minimum Gasteiger partial charge on any atom is -0.261 e. The smallest absolute Gasteiger partial charge is 0.239 e. The minimum absolute atomic E-state index is 0.179. The van der Waals surface area contributed by atoms with Crippen molar-refractivity contribution in [3.63, 3.8) is 0 Å². The van der Waals surface area contributed by atoms with Crippen molar-refractivity contribution in [1.29, 1.82) is 0 Å². The van der Waals surface area contributed by atoms with E-state index in [4.69, 9.17) is 0 Å². The fraction of sp³-hybridized carbons (Fsp3) is 0.696. The normalized spacial score (nSPS) is 17.9. The number of hydrogen-bond acceptors (Lipinski definition) is 1. The van der Waals surface area contributed by atoms with E-state index in [1.54, 1.807) is 0 Å². The van der Waals surface area contributed by atoms with Gasteiger partial charge in [0.2, 0.25) is 6.34 Å². The molecule has 0 aliphatic carbocycles. The fourth-order valence-corrected chi connectivity index (χ4v) is 3.85. The van der Waals surface area contributed by atoms with Gasteiger partial charge in [0, 0.05) is 5.56 Å². The Morgan fingerprint density at radius 3 is 2.36 bits per heavy atom. The van der Waals surface area contributed by atoms with Gasteiger partial charge in [-0.05, 0) is 30.7 Å². The van der Waals surface area contributed by atoms with Gasteiger partial charge in [-0.25, -0.2) is 4.90 Å². The predicted octanol–water partition coefficient (Wildman–Crippen LogP) is 5.98. The van der Waals surface area contributed by atoms with Gasteiger partial charge < -0.3 is 0 Å². The Balaban J connectivity index is 2.03. The van der Waals surface area contributed by atoms with Crippen LogP contribution in [0.3, 0.4) is 0 Å². The summed E-state index contributed by atoms with van der Waals surface area (Å²) in [5.41, 5.74) is 3.01. The Bertz CT molecular complexity index is 553. The van der Waals surface area contributed by atoms with Gasteiger partial charge in [-0.3, -0.25) is 4.58 Å². The average molecular weight is 344 g/mol. The third-order valence-electron chi connectivity index (χ3n) is 5.43. The van der Waals surface area contributed by atoms with E-state index in [-0.39, 0.29) is 5.41 Å². The van der Waals surface area contributed by atoms with E-state index in [0.29, 0.717) is 6.04 Å². The third kappa shape index (κ3) is 5.59. The molecule has 1 aromatic rings. The molecule has 1 aliphatic heterocycles. The van der Waals surface area contributed by atoms with E-state index in [1.165, 1.54) is 62.7 Å². The van der Waals surface area contributed by atoms with Crippen molar-refractivity contribution in [3.05, 3.63) is 29.8 Å². The maximum atomic E-state index is 2.60. The van der Waals surface area contributed by atoms with E-state index in [1.807, 2.05) is 0 Å². The van der Waals surface area contributed by atoms with Crippen molar-refractivity contribution in [2.45, 2.75) is 91.0 Å². The van der Waals surface area contributed by atoms with Crippen LogP contribution in [-0.4, -0.2) is 30.0 Å². The number of anilines is 1. The minimum atomic E-state index is 0.179. The van der Waals surface area contributed by atoms with Gasteiger partial charge >= 0.3 is 0 Å². The topological polar surface area (TPSA) is 6.25 Å². The summed E-state index contributed by atoms with van der Waals surface area (Å²) < 4.78 is 2.60. The molecule has 1 aliphatic rings. The van der Waals surface area contributed by atoms with Gasteiger partial charge in [-0.2, -0.15) is 0 Å². The van der Waals surface area contributed by atoms with Crippen LogP contribution in [0.4, 0.5) is 5.69 Å². The molecule has 0 aromatic heterocycles. The average Bonchev–Trinajstić information content (AvgIpc) is 3.00. The van der Waals surface area contributed by atoms with Gasteiger partial charge in [-0.15, -0.1) is 0 Å². The number of para-hydroxylation sites is 1. The van der Waals surface area contributed by atoms with Crippen molar-refractivity contribution in [1.82, 2.24) is 0 Å². The first-order valence-corrected chi connectivity index (χ1v) is 10.4. The predicted molar refractivity (Wildman–Crippen MR) is 111 cm³/mol. The lowest BCUT2D eigenvalue weighted by Crippen LogP contribution is -2.28. The Morgan fingerprint density at radius 1 is 1.00 bits per heavy atom. The number of benzene rings is 1. The SMILES string of the molecule is CCCCCCCC[N+]1=CN(c2ccccc2C(C)(C)C)C[C@@H]1CC. The van der Waals surface area contributed by atoms with Crippen LogP contribution in [0.15, 0.2) is 24.3 Å². The first kappa shape index (κ1) is 20.0. The highest BCUT2D eigenvalue weighted by molar-refractivity contribution is 5.79. The summed E-state index contributed by atoms with van der Waals surface area (Å²) in [6.45, 7) is 13.9. The van der Waals surface area contributed by atoms with Crippen LogP contribution in [0.5, 0.6) is 0 Å². The molecule has 0 saturated carbocycles. The van der Waals surface area contributed by atoms with Gasteiger partial charge in [0.05, 0.1) is 6.54 Å². The molecule has 0 fully saturated rings. The lowest BCUT2D eigenvalue weighted by molar-refractivity contribution is -0.552. The third-order valence-corrected chi connectivity index (χ3v) is 5.43. The molecule has 2 rings (SSSR count). The highest BCUT2D eigenvalue weighted by Gasteiger charge is 2.33. The highest BCUT2D eigenvalue weighted by Crippen LogP contribution is 2.32. The zero-order chi connectivity index (χ0) is 18.3. The van der Waals surface area contributed by atoms with E-state index in [0.717, 1.165) is 6.54 Å². The van der Waals surface area contributed by atoms with Gasteiger partial charge in [-0.1, -0.05) is 78.5 Å². The molecule has 0 spiro atoms. The van der Waals surface area contributed by atoms with E-state index >= 15 is 0 Å². The molecular formula is C23H39N2+. The molecule has 1 atom stereocenters. The number of unbranched alkanes of at least 4 members (excludes halogenated alkanes) is 5. The van der Waals surface area contributed by atoms with Crippen LogP contribution >= 0.6 is 0 Å². The van der Waals surface area contributed by atoms with Crippen LogP contribution < -0.4 is 4.90 Å². The summed E-state index contributed by atoms with van der Waals surface area (Å²) in [5.74, 6) is 0. The first-order valence-electron chi connectivity index (χ1n) is 10.4. The zero-order valence-corrected chi connectivity index (χ0v) is 17.2. The van der Waals surface area contributed by atoms with Gasteiger partial charge in [0.1, 0.15) is 18.3 Å². The van der Waals surface area contributed by atoms with Crippen LogP contribution in [0, 0.1) is 0 Å². The molecule has 0 saturated heterocycles. The molecule has 2 heteroatoms. The maximum absolute atomic E-state index is 2.60. The number of nitrogens with zero attached hydrogens (tertiary/aromatic N) is 2. The summed E-state index contributed by atoms with van der Waals surface area (Å²) in [7, 11) is 0. The van der Waals surface area contributed by atoms with Crippen molar-refractivity contribution >= 4 is 12.0 Å². The van der Waals surface area contributed by atoms with E-state index in [9.17, 15) is 0 Å². The van der Waals surface area contributed by atoms with Crippen molar-refractivity contribution in [2.75, 3.05) is 18.0 Å². The zero-order valence-electron chi connectivity index (χ0n) is 17.2. The molecule has 0 N–H and O–H groups in total. The Kier molecular flexibility index (Phi) is 7.53. The van der Waals surface area contributed by atoms with Gasteiger partial charge in [0.25, 0.3) is 0 Å². The molecule has 25 heavy (non-hydrogen) atoms. The van der Waals surface area contributed by atoms with Crippen molar-refractivity contribution in [2.24, 2.45) is 0 Å². The van der Waals surface area contributed by atoms with Crippen molar-refractivity contribution in [3.8, 4) is 0 Å². The molecule has 0 amide bonds. The van der Waals surface area contributed by atoms with E-state index < -0.39 is 0 Å². The Morgan fingerprint density at radius 2 is 1.68 bits per heavy atom. The second-order valence-electron chi connectivity index (χ2n) is 8.60. The number of hydrogen-bond donors (Lipinski definition) is 0. The highest BCUT2D eigenvalue weighted by atomic mass is 15.3. The summed E-state index contributed by atoms with van der Waals surface area (Å²) in [6.07, 6.45) is 11.8. The summed E-state index contributed by atoms with van der Waals surface area (Å²) in [6, 6.07) is 9.59. The summed E-state index contributed by atoms with van der Waals surface area (Å²) >= 11 is 0. The standard InChI is InChI=1S/C23H39N2/c1-6-8-9-10-11-14-17-24-19-25(18-20(24)7-2)22-16-13-12-15-21(22)23(3,4)5/h12-13,15-16,19-20H,6-11,14,17-18H2,1-5H3/q+1/t20-/m0/s1. The molecular weight excluding hydrogens is 304 g/mol. The molecule has 2 nitrogen and oxygen atoms in total. The van der Waals surface area contributed by atoms with E-state index in [2.05, 4.69) is 74.7 Å². The second-order valence-corrected chi connectivity index (χ2v) is 8.60. The molecule has 140 valence electrons. The Labute approximate surface area is 155 Å². The Hall–Kier alpha value is -1.31. The largest absolute Gasteiger partial charge is 0.261 e. The monoisotopic (exact) mass is 343 g/mol. The number of rotatable bonds is 9. The van der Waals surface area contributed by atoms with Crippen molar-refractivity contribution < 1.29 is 4.58 Å². The fourth-order valence-electron chi connectivity index (χ4n) is 3.85. The van der Waals surface area contributed by atoms with Crippen LogP contribution in [0.25, 0.3) is 0 Å². The summed E-state index contributed by atoms with van der Waals surface area (Å²) in [4.78, 5) is 2.49. The molecule has 0 radical (unpaired) electrons. The molecule has 0 bridgehead atoms. The lowest BCUT2D eigenvalue weighted by Gasteiger charge is -2.23. The summed E-state index contributed by atoms with van der Waals surface area (Å²) in [5, 5.41) is 0. The van der Waals surface area contributed by atoms with Crippen LogP contribution in [0.1, 0.15) is 85.1 Å². The van der Waals surface area contributed by atoms with Gasteiger partial charge in [0.15, 0.2) is 0 Å². The second kappa shape index (κ2) is 9.40. The first-order chi connectivity index (χ1) is 12.0.